The number of aromatic amines is 1. The molecule has 0 saturated heterocycles. The largest absolute Gasteiger partial charge is 0.496 e. The van der Waals surface area contributed by atoms with Crippen molar-refractivity contribution in [3.8, 4) is 16.9 Å². The van der Waals surface area contributed by atoms with Crippen LogP contribution >= 0.6 is 0 Å². The van der Waals surface area contributed by atoms with Gasteiger partial charge in [-0.2, -0.15) is 0 Å². The number of aromatic nitrogens is 1. The van der Waals surface area contributed by atoms with Crippen molar-refractivity contribution in [1.82, 2.24) is 4.98 Å². The van der Waals surface area contributed by atoms with Crippen molar-refractivity contribution in [2.75, 3.05) is 13.7 Å². The van der Waals surface area contributed by atoms with Crippen LogP contribution in [-0.2, 0) is 10.2 Å². The van der Waals surface area contributed by atoms with E-state index in [0.717, 1.165) is 5.56 Å². The van der Waals surface area contributed by atoms with Gasteiger partial charge in [0.25, 0.3) is 5.56 Å². The zero-order valence-corrected chi connectivity index (χ0v) is 14.7. The van der Waals surface area contributed by atoms with Crippen LogP contribution in [0.15, 0.2) is 35.3 Å². The number of rotatable bonds is 4. The number of esters is 1. The lowest BCUT2D eigenvalue weighted by atomic mass is 9.83. The molecule has 0 unspecified atom stereocenters. The van der Waals surface area contributed by atoms with Gasteiger partial charge in [0.15, 0.2) is 0 Å². The molecule has 0 fully saturated rings. The minimum absolute atomic E-state index is 0.213. The molecular weight excluding hydrogens is 306 g/mol. The molecule has 0 aliphatic heterocycles. The van der Waals surface area contributed by atoms with Crippen molar-refractivity contribution >= 4 is 5.97 Å². The van der Waals surface area contributed by atoms with Crippen LogP contribution in [0.3, 0.4) is 0 Å². The molecule has 1 aromatic carbocycles. The second-order valence-electron chi connectivity index (χ2n) is 6.48. The highest BCUT2D eigenvalue weighted by atomic mass is 16.5. The molecule has 2 rings (SSSR count). The number of hydrogen-bond donors (Lipinski definition) is 1. The predicted molar refractivity (Wildman–Crippen MR) is 93.7 cm³/mol. The SMILES string of the molecule is CCOC(=O)c1cc(OC)c(C(C)(C)C)cc1-c1ccc[nH]c1=O. The molecule has 0 saturated carbocycles. The molecule has 128 valence electrons. The Balaban J connectivity index is 2.81. The van der Waals surface area contributed by atoms with E-state index < -0.39 is 5.97 Å². The number of carbonyl (C=O) groups excluding carboxylic acids is 1. The molecule has 5 heteroatoms. The van der Waals surface area contributed by atoms with Gasteiger partial charge in [0, 0.05) is 22.9 Å². The van der Waals surface area contributed by atoms with Crippen molar-refractivity contribution in [1.29, 1.82) is 0 Å². The Morgan fingerprint density at radius 1 is 1.21 bits per heavy atom. The summed E-state index contributed by atoms with van der Waals surface area (Å²) in [5, 5.41) is 0. The first-order valence-corrected chi connectivity index (χ1v) is 7.87. The molecule has 1 aromatic heterocycles. The van der Waals surface area contributed by atoms with E-state index in [4.69, 9.17) is 9.47 Å². The van der Waals surface area contributed by atoms with Gasteiger partial charge in [-0.3, -0.25) is 4.79 Å². The molecule has 0 radical (unpaired) electrons. The van der Waals surface area contributed by atoms with Gasteiger partial charge in [0.1, 0.15) is 5.75 Å². The minimum atomic E-state index is -0.477. The van der Waals surface area contributed by atoms with Gasteiger partial charge in [-0.25, -0.2) is 4.79 Å². The highest BCUT2D eigenvalue weighted by Gasteiger charge is 2.25. The van der Waals surface area contributed by atoms with Crippen LogP contribution in [0.5, 0.6) is 5.75 Å². The number of benzene rings is 1. The Morgan fingerprint density at radius 3 is 2.46 bits per heavy atom. The Kier molecular flexibility index (Phi) is 5.12. The third kappa shape index (κ3) is 3.50. The molecule has 0 aliphatic rings. The van der Waals surface area contributed by atoms with Crippen molar-refractivity contribution in [3.63, 3.8) is 0 Å². The van der Waals surface area contributed by atoms with Gasteiger partial charge in [0.2, 0.25) is 0 Å². The van der Waals surface area contributed by atoms with Crippen molar-refractivity contribution < 1.29 is 14.3 Å². The van der Waals surface area contributed by atoms with Crippen molar-refractivity contribution in [3.05, 3.63) is 51.9 Å². The van der Waals surface area contributed by atoms with E-state index in [1.54, 1.807) is 38.4 Å². The molecule has 1 N–H and O–H groups in total. The summed E-state index contributed by atoms with van der Waals surface area (Å²) in [6, 6.07) is 6.92. The van der Waals surface area contributed by atoms with E-state index >= 15 is 0 Å². The lowest BCUT2D eigenvalue weighted by Crippen LogP contribution is -2.17. The normalized spacial score (nSPS) is 11.2. The molecule has 0 aliphatic carbocycles. The van der Waals surface area contributed by atoms with E-state index in [9.17, 15) is 9.59 Å². The van der Waals surface area contributed by atoms with Gasteiger partial charge < -0.3 is 14.5 Å². The summed E-state index contributed by atoms with van der Waals surface area (Å²) in [5.74, 6) is 0.121. The molecule has 24 heavy (non-hydrogen) atoms. The summed E-state index contributed by atoms with van der Waals surface area (Å²) >= 11 is 0. The number of methoxy groups -OCH3 is 1. The third-order valence-electron chi connectivity index (χ3n) is 3.75. The topological polar surface area (TPSA) is 68.4 Å². The highest BCUT2D eigenvalue weighted by Crippen LogP contribution is 2.37. The second-order valence-corrected chi connectivity index (χ2v) is 6.48. The van der Waals surface area contributed by atoms with Crippen LogP contribution in [0.1, 0.15) is 43.6 Å². The van der Waals surface area contributed by atoms with Gasteiger partial charge >= 0.3 is 5.97 Å². The smallest absolute Gasteiger partial charge is 0.338 e. The summed E-state index contributed by atoms with van der Waals surface area (Å²) in [6.07, 6.45) is 1.56. The summed E-state index contributed by atoms with van der Waals surface area (Å²) in [5.41, 5.74) is 1.73. The fourth-order valence-electron chi connectivity index (χ4n) is 2.57. The van der Waals surface area contributed by atoms with Gasteiger partial charge in [-0.15, -0.1) is 0 Å². The third-order valence-corrected chi connectivity index (χ3v) is 3.75. The van der Waals surface area contributed by atoms with Crippen LogP contribution in [-0.4, -0.2) is 24.7 Å². The monoisotopic (exact) mass is 329 g/mol. The fraction of sp³-hybridized carbons (Fsp3) is 0.368. The maximum Gasteiger partial charge on any atom is 0.338 e. The number of ether oxygens (including phenoxy) is 2. The van der Waals surface area contributed by atoms with Gasteiger partial charge in [-0.05, 0) is 36.6 Å². The highest BCUT2D eigenvalue weighted by molar-refractivity contribution is 5.98. The Labute approximate surface area is 141 Å². The average molecular weight is 329 g/mol. The van der Waals surface area contributed by atoms with Crippen LogP contribution in [0.2, 0.25) is 0 Å². The summed E-state index contributed by atoms with van der Waals surface area (Å²) in [6.45, 7) is 8.15. The van der Waals surface area contributed by atoms with Crippen molar-refractivity contribution in [2.45, 2.75) is 33.1 Å². The van der Waals surface area contributed by atoms with E-state index in [-0.39, 0.29) is 17.6 Å². The average Bonchev–Trinajstić information content (AvgIpc) is 2.53. The molecule has 0 bridgehead atoms. The van der Waals surface area contributed by atoms with E-state index in [2.05, 4.69) is 4.98 Å². The first-order chi connectivity index (χ1) is 11.3. The van der Waals surface area contributed by atoms with E-state index in [1.807, 2.05) is 26.8 Å². The Bertz CT molecular complexity index is 800. The molecule has 0 spiro atoms. The van der Waals surface area contributed by atoms with E-state index in [1.165, 1.54) is 0 Å². The molecule has 0 atom stereocenters. The summed E-state index contributed by atoms with van der Waals surface area (Å²) in [4.78, 5) is 27.3. The van der Waals surface area contributed by atoms with Gasteiger partial charge in [0.05, 0.1) is 19.3 Å². The fourth-order valence-corrected chi connectivity index (χ4v) is 2.57. The quantitative estimate of drug-likeness (QED) is 0.871. The van der Waals surface area contributed by atoms with Crippen LogP contribution in [0.25, 0.3) is 11.1 Å². The molecular formula is C19H23NO4. The van der Waals surface area contributed by atoms with Crippen molar-refractivity contribution in [2.24, 2.45) is 0 Å². The number of pyridine rings is 1. The molecule has 1 heterocycles. The first kappa shape index (κ1) is 17.8. The second kappa shape index (κ2) is 6.91. The van der Waals surface area contributed by atoms with E-state index in [0.29, 0.717) is 22.4 Å². The summed E-state index contributed by atoms with van der Waals surface area (Å²) in [7, 11) is 1.56. The number of hydrogen-bond acceptors (Lipinski definition) is 4. The lowest BCUT2D eigenvalue weighted by molar-refractivity contribution is 0.0527. The first-order valence-electron chi connectivity index (χ1n) is 7.87. The zero-order valence-electron chi connectivity index (χ0n) is 14.7. The maximum atomic E-state index is 12.4. The standard InChI is InChI=1S/C19H23NO4/c1-6-24-18(22)14-11-16(23-5)15(19(2,3)4)10-13(14)12-8-7-9-20-17(12)21/h7-11H,6H2,1-5H3,(H,20,21). The van der Waals surface area contributed by atoms with Crippen LogP contribution in [0.4, 0.5) is 0 Å². The minimum Gasteiger partial charge on any atom is -0.496 e. The zero-order chi connectivity index (χ0) is 17.9. The molecule has 0 amide bonds. The predicted octanol–water partition coefficient (Wildman–Crippen LogP) is 3.52. The van der Waals surface area contributed by atoms with Gasteiger partial charge in [-0.1, -0.05) is 20.8 Å². The Morgan fingerprint density at radius 2 is 1.92 bits per heavy atom. The Hall–Kier alpha value is -2.56. The molecule has 2 aromatic rings. The molecule has 5 nitrogen and oxygen atoms in total. The number of H-pyrrole nitrogens is 1. The number of carbonyl (C=O) groups is 1. The lowest BCUT2D eigenvalue weighted by Gasteiger charge is -2.24. The van der Waals surface area contributed by atoms with Crippen LogP contribution < -0.4 is 10.3 Å². The van der Waals surface area contributed by atoms with Crippen LogP contribution in [0, 0.1) is 0 Å². The number of nitrogens with one attached hydrogen (secondary N) is 1. The summed E-state index contributed by atoms with van der Waals surface area (Å²) < 4.78 is 10.6. The maximum absolute atomic E-state index is 12.4.